The van der Waals surface area contributed by atoms with Gasteiger partial charge in [-0.3, -0.25) is 4.79 Å². The summed E-state index contributed by atoms with van der Waals surface area (Å²) in [5.74, 6) is 0.925. The molecule has 0 radical (unpaired) electrons. The van der Waals surface area contributed by atoms with E-state index >= 15 is 0 Å². The molecule has 6 heteroatoms. The maximum Gasteiger partial charge on any atom is 0.302 e. The molecule has 1 fully saturated rings. The van der Waals surface area contributed by atoms with Crippen LogP contribution in [0.1, 0.15) is 18.8 Å². The van der Waals surface area contributed by atoms with Gasteiger partial charge in [-0.2, -0.15) is 0 Å². The summed E-state index contributed by atoms with van der Waals surface area (Å²) >= 11 is 0. The summed E-state index contributed by atoms with van der Waals surface area (Å²) in [6.45, 7) is 1.94. The third-order valence-corrected chi connectivity index (χ3v) is 2.90. The largest absolute Gasteiger partial charge is 0.493 e. The number of carbonyl (C=O) groups excluding carboxylic acids is 1. The van der Waals surface area contributed by atoms with Crippen LogP contribution in [-0.4, -0.2) is 39.5 Å². The number of hydrogen-bond donors (Lipinski definition) is 0. The van der Waals surface area contributed by atoms with Gasteiger partial charge in [0.05, 0.1) is 20.8 Å². The summed E-state index contributed by atoms with van der Waals surface area (Å²) < 4.78 is 26.5. The Morgan fingerprint density at radius 2 is 2.05 bits per heavy atom. The average molecular weight is 282 g/mol. The molecule has 2 atom stereocenters. The Balaban J connectivity index is 2.00. The van der Waals surface area contributed by atoms with Crippen molar-refractivity contribution in [3.8, 4) is 11.5 Å². The van der Waals surface area contributed by atoms with E-state index in [0.717, 1.165) is 5.56 Å². The summed E-state index contributed by atoms with van der Waals surface area (Å²) in [7, 11) is 3.15. The van der Waals surface area contributed by atoms with E-state index in [2.05, 4.69) is 0 Å². The highest BCUT2D eigenvalue weighted by Gasteiger charge is 2.28. The van der Waals surface area contributed by atoms with Crippen LogP contribution >= 0.6 is 0 Å². The highest BCUT2D eigenvalue weighted by Crippen LogP contribution is 2.34. The normalized spacial score (nSPS) is 21.6. The van der Waals surface area contributed by atoms with Crippen LogP contribution in [0.3, 0.4) is 0 Å². The molecule has 2 rings (SSSR count). The first-order valence-electron chi connectivity index (χ1n) is 6.26. The average Bonchev–Trinajstić information content (AvgIpc) is 2.93. The summed E-state index contributed by atoms with van der Waals surface area (Å²) in [4.78, 5) is 10.8. The lowest BCUT2D eigenvalue weighted by Crippen LogP contribution is -2.19. The number of rotatable bonds is 5. The van der Waals surface area contributed by atoms with Crippen LogP contribution in [0.4, 0.5) is 0 Å². The third-order valence-electron chi connectivity index (χ3n) is 2.90. The van der Waals surface area contributed by atoms with Crippen molar-refractivity contribution >= 4 is 5.97 Å². The molecule has 1 aromatic rings. The second-order valence-electron chi connectivity index (χ2n) is 4.34. The molecule has 1 saturated heterocycles. The topological polar surface area (TPSA) is 63.2 Å². The van der Waals surface area contributed by atoms with Gasteiger partial charge in [0.15, 0.2) is 17.8 Å². The number of hydrogen-bond acceptors (Lipinski definition) is 6. The second-order valence-corrected chi connectivity index (χ2v) is 4.34. The minimum absolute atomic E-state index is 0.194. The molecule has 0 aliphatic carbocycles. The summed E-state index contributed by atoms with van der Waals surface area (Å²) in [5, 5.41) is 0. The van der Waals surface area contributed by atoms with Crippen molar-refractivity contribution in [3.63, 3.8) is 0 Å². The predicted molar refractivity (Wildman–Crippen MR) is 69.7 cm³/mol. The van der Waals surface area contributed by atoms with Gasteiger partial charge in [-0.25, -0.2) is 0 Å². The van der Waals surface area contributed by atoms with Crippen LogP contribution in [0.5, 0.6) is 11.5 Å². The van der Waals surface area contributed by atoms with Gasteiger partial charge in [0, 0.05) is 12.5 Å². The maximum absolute atomic E-state index is 10.8. The quantitative estimate of drug-likeness (QED) is 0.766. The lowest BCUT2D eigenvalue weighted by atomic mass is 10.2. The van der Waals surface area contributed by atoms with Gasteiger partial charge in [-0.1, -0.05) is 6.07 Å². The standard InChI is InChI=1S/C14H18O6/c1-9(15)18-7-11-8-19-14(20-11)10-4-5-12(16-2)13(6-10)17-3/h4-6,11,14H,7-8H2,1-3H3. The van der Waals surface area contributed by atoms with E-state index in [9.17, 15) is 4.79 Å². The van der Waals surface area contributed by atoms with Gasteiger partial charge in [-0.15, -0.1) is 0 Å². The maximum atomic E-state index is 10.8. The number of methoxy groups -OCH3 is 2. The van der Waals surface area contributed by atoms with Crippen molar-refractivity contribution in [3.05, 3.63) is 23.8 Å². The van der Waals surface area contributed by atoms with Crippen molar-refractivity contribution in [1.82, 2.24) is 0 Å². The molecule has 0 aromatic heterocycles. The molecule has 1 aliphatic rings. The van der Waals surface area contributed by atoms with E-state index in [0.29, 0.717) is 18.1 Å². The summed E-state index contributed by atoms with van der Waals surface area (Å²) in [6, 6.07) is 5.44. The fourth-order valence-electron chi connectivity index (χ4n) is 1.92. The van der Waals surface area contributed by atoms with E-state index < -0.39 is 6.29 Å². The van der Waals surface area contributed by atoms with Gasteiger partial charge in [0.25, 0.3) is 0 Å². The SMILES string of the molecule is COc1ccc(C2OCC(COC(C)=O)O2)cc1OC. The van der Waals surface area contributed by atoms with E-state index in [1.54, 1.807) is 26.4 Å². The van der Waals surface area contributed by atoms with E-state index in [1.165, 1.54) is 6.92 Å². The first-order chi connectivity index (χ1) is 9.63. The number of benzene rings is 1. The predicted octanol–water partition coefficient (Wildman–Crippen LogP) is 1.68. The van der Waals surface area contributed by atoms with E-state index in [-0.39, 0.29) is 18.7 Å². The van der Waals surface area contributed by atoms with Gasteiger partial charge < -0.3 is 23.7 Å². The fourth-order valence-corrected chi connectivity index (χ4v) is 1.92. The van der Waals surface area contributed by atoms with E-state index in [4.69, 9.17) is 23.7 Å². The Labute approximate surface area is 117 Å². The lowest BCUT2D eigenvalue weighted by molar-refractivity contribution is -0.145. The second kappa shape index (κ2) is 6.58. The smallest absolute Gasteiger partial charge is 0.302 e. The van der Waals surface area contributed by atoms with Crippen LogP contribution in [0.15, 0.2) is 18.2 Å². The molecule has 20 heavy (non-hydrogen) atoms. The Kier molecular flexibility index (Phi) is 4.81. The van der Waals surface area contributed by atoms with Crippen molar-refractivity contribution in [1.29, 1.82) is 0 Å². The highest BCUT2D eigenvalue weighted by atomic mass is 16.7. The molecule has 0 spiro atoms. The van der Waals surface area contributed by atoms with Crippen LogP contribution in [0.2, 0.25) is 0 Å². The summed E-state index contributed by atoms with van der Waals surface area (Å²) in [6.07, 6.45) is -0.743. The molecule has 0 N–H and O–H groups in total. The Bertz CT molecular complexity index is 473. The molecular weight excluding hydrogens is 264 g/mol. The monoisotopic (exact) mass is 282 g/mol. The molecule has 0 amide bonds. The van der Waals surface area contributed by atoms with Crippen molar-refractivity contribution < 1.29 is 28.5 Å². The van der Waals surface area contributed by atoms with Crippen LogP contribution < -0.4 is 9.47 Å². The first-order valence-corrected chi connectivity index (χ1v) is 6.26. The van der Waals surface area contributed by atoms with Crippen molar-refractivity contribution in [2.45, 2.75) is 19.3 Å². The first kappa shape index (κ1) is 14.6. The van der Waals surface area contributed by atoms with Crippen LogP contribution in [0, 0.1) is 0 Å². The Morgan fingerprint density at radius 3 is 2.70 bits per heavy atom. The number of esters is 1. The van der Waals surface area contributed by atoms with Gasteiger partial charge in [0.2, 0.25) is 0 Å². The third kappa shape index (κ3) is 3.40. The Hall–Kier alpha value is -1.79. The Morgan fingerprint density at radius 1 is 1.30 bits per heavy atom. The molecule has 1 aliphatic heterocycles. The molecule has 6 nitrogen and oxygen atoms in total. The van der Waals surface area contributed by atoms with Crippen LogP contribution in [-0.2, 0) is 19.0 Å². The fraction of sp³-hybridized carbons (Fsp3) is 0.500. The van der Waals surface area contributed by atoms with Crippen molar-refractivity contribution in [2.24, 2.45) is 0 Å². The number of carbonyl (C=O) groups is 1. The van der Waals surface area contributed by atoms with Crippen molar-refractivity contribution in [2.75, 3.05) is 27.4 Å². The molecular formula is C14H18O6. The molecule has 0 saturated carbocycles. The zero-order valence-corrected chi connectivity index (χ0v) is 11.8. The minimum atomic E-state index is -0.490. The van der Waals surface area contributed by atoms with Gasteiger partial charge in [-0.05, 0) is 12.1 Å². The highest BCUT2D eigenvalue weighted by molar-refractivity contribution is 5.65. The molecule has 0 bridgehead atoms. The zero-order valence-electron chi connectivity index (χ0n) is 11.8. The molecule has 110 valence electrons. The lowest BCUT2D eigenvalue weighted by Gasteiger charge is -2.14. The minimum Gasteiger partial charge on any atom is -0.493 e. The van der Waals surface area contributed by atoms with E-state index in [1.807, 2.05) is 6.07 Å². The molecule has 1 heterocycles. The molecule has 1 aromatic carbocycles. The van der Waals surface area contributed by atoms with Crippen LogP contribution in [0.25, 0.3) is 0 Å². The summed E-state index contributed by atoms with van der Waals surface area (Å²) in [5.41, 5.74) is 0.827. The van der Waals surface area contributed by atoms with Gasteiger partial charge in [0.1, 0.15) is 12.7 Å². The van der Waals surface area contributed by atoms with Gasteiger partial charge >= 0.3 is 5.97 Å². The molecule has 2 unspecified atom stereocenters. The zero-order chi connectivity index (χ0) is 14.5. The number of ether oxygens (including phenoxy) is 5.